The van der Waals surface area contributed by atoms with Crippen molar-refractivity contribution in [1.29, 1.82) is 0 Å². The number of ether oxygens (including phenoxy) is 1. The molecular weight excluding hydrogens is 438 g/mol. The van der Waals surface area contributed by atoms with E-state index in [2.05, 4.69) is 0 Å². The number of para-hydroxylation sites is 1. The lowest BCUT2D eigenvalue weighted by molar-refractivity contribution is -0.117. The molecule has 4 aromatic rings. The molecule has 1 atom stereocenters. The predicted molar refractivity (Wildman–Crippen MR) is 127 cm³/mol. The molecule has 5 rings (SSSR count). The van der Waals surface area contributed by atoms with Gasteiger partial charge in [0.15, 0.2) is 22.9 Å². The number of Topliss-reactive ketones (excluding diaryl/α,β-unsaturated/α-hetero) is 1. The van der Waals surface area contributed by atoms with Gasteiger partial charge in [-0.05, 0) is 60.7 Å². The summed E-state index contributed by atoms with van der Waals surface area (Å²) in [6, 6.07) is 15.6. The molecule has 0 saturated carbocycles. The molecule has 0 saturated heterocycles. The van der Waals surface area contributed by atoms with E-state index < -0.39 is 23.5 Å². The average Bonchev–Trinajstić information content (AvgIpc) is 3.49. The number of rotatable bonds is 5. The number of carbonyl (C=O) groups is 2. The van der Waals surface area contributed by atoms with E-state index in [1.807, 2.05) is 49.6 Å². The van der Waals surface area contributed by atoms with Crippen molar-refractivity contribution in [3.8, 4) is 5.75 Å². The summed E-state index contributed by atoms with van der Waals surface area (Å²) in [7, 11) is 1.53. The van der Waals surface area contributed by atoms with Gasteiger partial charge in [0.2, 0.25) is 5.78 Å². The molecule has 0 spiro atoms. The summed E-state index contributed by atoms with van der Waals surface area (Å²) in [5.74, 6) is -1.18. The Balaban J connectivity index is 1.67. The minimum Gasteiger partial charge on any atom is -0.503 e. The third-order valence-electron chi connectivity index (χ3n) is 5.83. The third-order valence-corrected chi connectivity index (χ3v) is 6.91. The summed E-state index contributed by atoms with van der Waals surface area (Å²) in [4.78, 5) is 29.3. The van der Waals surface area contributed by atoms with Crippen LogP contribution in [0.5, 0.6) is 5.75 Å². The SMILES string of the molecule is COc1cccc2cc(C(=O)C3=C(O)C(=O)N(c4cccc(C)c4)C3c3sccc3C)oc12. The molecule has 1 N–H and O–H groups in total. The summed E-state index contributed by atoms with van der Waals surface area (Å²) in [6.45, 7) is 3.85. The van der Waals surface area contributed by atoms with Crippen molar-refractivity contribution in [3.05, 3.63) is 93.1 Å². The first-order valence-corrected chi connectivity index (χ1v) is 11.3. The Morgan fingerprint density at radius 3 is 2.61 bits per heavy atom. The summed E-state index contributed by atoms with van der Waals surface area (Å²) in [6.07, 6.45) is 0. The largest absolute Gasteiger partial charge is 0.503 e. The Kier molecular flexibility index (Phi) is 5.06. The van der Waals surface area contributed by atoms with Gasteiger partial charge in [0.05, 0.1) is 12.7 Å². The second-order valence-corrected chi connectivity index (χ2v) is 8.91. The quantitative estimate of drug-likeness (QED) is 0.376. The fraction of sp³-hybridized carbons (Fsp3) is 0.154. The smallest absolute Gasteiger partial charge is 0.294 e. The first-order valence-electron chi connectivity index (χ1n) is 10.4. The van der Waals surface area contributed by atoms with Crippen LogP contribution in [0.4, 0.5) is 5.69 Å². The number of aliphatic hydroxyl groups excluding tert-OH is 1. The number of benzene rings is 2. The molecule has 1 aliphatic rings. The maximum absolute atomic E-state index is 13.7. The van der Waals surface area contributed by atoms with Crippen LogP contribution in [0.15, 0.2) is 75.7 Å². The average molecular weight is 460 g/mol. The number of anilines is 1. The third kappa shape index (κ3) is 3.32. The number of hydrogen-bond donors (Lipinski definition) is 1. The molecule has 7 heteroatoms. The van der Waals surface area contributed by atoms with Gasteiger partial charge >= 0.3 is 0 Å². The van der Waals surface area contributed by atoms with Crippen LogP contribution in [0, 0.1) is 13.8 Å². The number of methoxy groups -OCH3 is 1. The molecule has 2 aromatic carbocycles. The van der Waals surface area contributed by atoms with E-state index in [1.54, 1.807) is 24.3 Å². The number of aryl methyl sites for hydroxylation is 2. The highest BCUT2D eigenvalue weighted by Crippen LogP contribution is 2.45. The van der Waals surface area contributed by atoms with Crippen molar-refractivity contribution in [1.82, 2.24) is 0 Å². The Labute approximate surface area is 194 Å². The molecule has 33 heavy (non-hydrogen) atoms. The molecule has 0 fully saturated rings. The lowest BCUT2D eigenvalue weighted by Crippen LogP contribution is -2.31. The molecular formula is C26H21NO5S. The fourth-order valence-electron chi connectivity index (χ4n) is 4.24. The van der Waals surface area contributed by atoms with Gasteiger partial charge in [0.1, 0.15) is 6.04 Å². The molecule has 0 aliphatic carbocycles. The number of fused-ring (bicyclic) bond motifs is 1. The number of amides is 1. The van der Waals surface area contributed by atoms with E-state index in [4.69, 9.17) is 9.15 Å². The zero-order chi connectivity index (χ0) is 23.3. The summed E-state index contributed by atoms with van der Waals surface area (Å²) >= 11 is 1.44. The molecule has 6 nitrogen and oxygen atoms in total. The number of thiophene rings is 1. The van der Waals surface area contributed by atoms with Gasteiger partial charge in [-0.3, -0.25) is 14.5 Å². The molecule has 166 valence electrons. The minimum atomic E-state index is -0.762. The molecule has 0 bridgehead atoms. The molecule has 1 amide bonds. The highest BCUT2D eigenvalue weighted by molar-refractivity contribution is 7.10. The van der Waals surface area contributed by atoms with E-state index in [1.165, 1.54) is 23.3 Å². The van der Waals surface area contributed by atoms with Crippen LogP contribution in [0.3, 0.4) is 0 Å². The number of ketones is 1. The van der Waals surface area contributed by atoms with Crippen LogP contribution >= 0.6 is 11.3 Å². The number of carbonyl (C=O) groups excluding carboxylic acids is 2. The van der Waals surface area contributed by atoms with Crippen molar-refractivity contribution in [2.24, 2.45) is 0 Å². The van der Waals surface area contributed by atoms with Crippen molar-refractivity contribution >= 4 is 39.7 Å². The number of nitrogens with zero attached hydrogens (tertiary/aromatic N) is 1. The zero-order valence-corrected chi connectivity index (χ0v) is 19.1. The normalized spacial score (nSPS) is 16.2. The Morgan fingerprint density at radius 1 is 1.12 bits per heavy atom. The zero-order valence-electron chi connectivity index (χ0n) is 18.3. The number of furan rings is 1. The summed E-state index contributed by atoms with van der Waals surface area (Å²) < 4.78 is 11.2. The predicted octanol–water partition coefficient (Wildman–Crippen LogP) is 5.90. The van der Waals surface area contributed by atoms with Gasteiger partial charge in [0.25, 0.3) is 5.91 Å². The first kappa shape index (κ1) is 21.0. The van der Waals surface area contributed by atoms with Gasteiger partial charge in [-0.2, -0.15) is 0 Å². The highest BCUT2D eigenvalue weighted by Gasteiger charge is 2.46. The maximum Gasteiger partial charge on any atom is 0.294 e. The van der Waals surface area contributed by atoms with Crippen LogP contribution in [-0.2, 0) is 4.79 Å². The lowest BCUT2D eigenvalue weighted by atomic mass is 9.98. The van der Waals surface area contributed by atoms with E-state index in [0.717, 1.165) is 16.0 Å². The van der Waals surface area contributed by atoms with Crippen molar-refractivity contribution in [2.45, 2.75) is 19.9 Å². The van der Waals surface area contributed by atoms with Gasteiger partial charge in [0, 0.05) is 16.0 Å². The summed E-state index contributed by atoms with van der Waals surface area (Å²) in [5.41, 5.74) is 2.95. The topological polar surface area (TPSA) is 80.0 Å². The molecule has 1 aliphatic heterocycles. The monoisotopic (exact) mass is 459 g/mol. The maximum atomic E-state index is 13.7. The molecule has 2 aromatic heterocycles. The van der Waals surface area contributed by atoms with Crippen LogP contribution in [0.2, 0.25) is 0 Å². The van der Waals surface area contributed by atoms with E-state index in [9.17, 15) is 14.7 Å². The highest BCUT2D eigenvalue weighted by atomic mass is 32.1. The van der Waals surface area contributed by atoms with E-state index >= 15 is 0 Å². The van der Waals surface area contributed by atoms with Gasteiger partial charge in [-0.15, -0.1) is 11.3 Å². The van der Waals surface area contributed by atoms with Gasteiger partial charge in [-0.1, -0.05) is 24.3 Å². The van der Waals surface area contributed by atoms with Gasteiger partial charge in [-0.25, -0.2) is 0 Å². The van der Waals surface area contributed by atoms with Crippen LogP contribution in [-0.4, -0.2) is 23.9 Å². The fourth-order valence-corrected chi connectivity index (χ4v) is 5.26. The Hall–Kier alpha value is -3.84. The first-order chi connectivity index (χ1) is 15.9. The second-order valence-electron chi connectivity index (χ2n) is 7.97. The number of aliphatic hydroxyl groups is 1. The number of hydrogen-bond acceptors (Lipinski definition) is 6. The van der Waals surface area contributed by atoms with Crippen LogP contribution < -0.4 is 9.64 Å². The van der Waals surface area contributed by atoms with Crippen molar-refractivity contribution in [2.75, 3.05) is 12.0 Å². The standard InChI is InChI=1S/C26H21NO5S/c1-14-6-4-8-17(12-14)27-21(25-15(2)10-11-33-25)20(23(29)26(27)30)22(28)19-13-16-7-5-9-18(31-3)24(16)32-19/h4-13,21,29H,1-3H3. The second kappa shape index (κ2) is 7.94. The molecule has 3 heterocycles. The van der Waals surface area contributed by atoms with Crippen LogP contribution in [0.25, 0.3) is 11.0 Å². The Bertz CT molecular complexity index is 1440. The van der Waals surface area contributed by atoms with Crippen molar-refractivity contribution in [3.63, 3.8) is 0 Å². The van der Waals surface area contributed by atoms with Crippen molar-refractivity contribution < 1.29 is 23.8 Å². The van der Waals surface area contributed by atoms with E-state index in [0.29, 0.717) is 22.4 Å². The van der Waals surface area contributed by atoms with E-state index in [-0.39, 0.29) is 11.3 Å². The lowest BCUT2D eigenvalue weighted by Gasteiger charge is -2.26. The Morgan fingerprint density at radius 2 is 1.91 bits per heavy atom. The molecule has 0 radical (unpaired) electrons. The molecule has 1 unspecified atom stereocenters. The van der Waals surface area contributed by atoms with Gasteiger partial charge < -0.3 is 14.3 Å². The van der Waals surface area contributed by atoms with Crippen LogP contribution in [0.1, 0.15) is 32.6 Å². The summed E-state index contributed by atoms with van der Waals surface area (Å²) in [5, 5.41) is 13.5. The minimum absolute atomic E-state index is 0.00470.